The number of ketones is 1. The van der Waals surface area contributed by atoms with E-state index in [1.807, 2.05) is 36.4 Å². The summed E-state index contributed by atoms with van der Waals surface area (Å²) in [6.45, 7) is 4.18. The number of hydrogen-bond acceptors (Lipinski definition) is 7. The van der Waals surface area contributed by atoms with Gasteiger partial charge in [0, 0.05) is 41.4 Å². The number of H-pyrrole nitrogens is 1. The lowest BCUT2D eigenvalue weighted by molar-refractivity contribution is -0.118. The van der Waals surface area contributed by atoms with Crippen molar-refractivity contribution in [1.82, 2.24) is 15.0 Å². The lowest BCUT2D eigenvalue weighted by atomic mass is 9.69. The standard InChI is InChI=1S/C26H26N4O3S/c1-26(2)11-17-21(18(31)12-26)20(16-8-4-5-9-19(16)33-3)22-23(28-17)29-25(30-24(22)32)34-14-15-7-6-10-27-13-15/h4-10,13,20H,11-12,14H2,1-3H3,(H2,28,29,30,32)/t20-/m0/s1. The molecule has 0 fully saturated rings. The molecule has 1 aliphatic heterocycles. The van der Waals surface area contributed by atoms with Crippen LogP contribution in [0.25, 0.3) is 0 Å². The summed E-state index contributed by atoms with van der Waals surface area (Å²) in [6, 6.07) is 11.4. The van der Waals surface area contributed by atoms with Crippen LogP contribution in [0.15, 0.2) is 70.0 Å². The number of carbonyl (C=O) groups excluding carboxylic acids is 1. The molecule has 8 heteroatoms. The van der Waals surface area contributed by atoms with Crippen molar-refractivity contribution >= 4 is 23.4 Å². The summed E-state index contributed by atoms with van der Waals surface area (Å²) in [7, 11) is 1.60. The fourth-order valence-electron chi connectivity index (χ4n) is 4.81. The second-order valence-corrected chi connectivity index (χ2v) is 10.4. The van der Waals surface area contributed by atoms with Crippen molar-refractivity contribution in [1.29, 1.82) is 0 Å². The maximum atomic E-state index is 13.5. The molecule has 2 N–H and O–H groups in total. The predicted octanol–water partition coefficient (Wildman–Crippen LogP) is 4.67. The van der Waals surface area contributed by atoms with Gasteiger partial charge in [0.05, 0.1) is 18.6 Å². The van der Waals surface area contributed by atoms with Crippen molar-refractivity contribution in [2.24, 2.45) is 5.41 Å². The van der Waals surface area contributed by atoms with Crippen molar-refractivity contribution in [2.75, 3.05) is 12.4 Å². The number of hydrogen-bond donors (Lipinski definition) is 2. The number of Topliss-reactive ketones (excluding diaryl/α,β-unsaturated/α-hetero) is 1. The number of methoxy groups -OCH3 is 1. The Hall–Kier alpha value is -3.39. The summed E-state index contributed by atoms with van der Waals surface area (Å²) in [5, 5.41) is 3.88. The number of thioether (sulfide) groups is 1. The van der Waals surface area contributed by atoms with Crippen LogP contribution >= 0.6 is 11.8 Å². The molecule has 1 aromatic carbocycles. The molecule has 1 aliphatic carbocycles. The van der Waals surface area contributed by atoms with Gasteiger partial charge in [0.25, 0.3) is 5.56 Å². The monoisotopic (exact) mass is 474 g/mol. The fourth-order valence-corrected chi connectivity index (χ4v) is 5.61. The van der Waals surface area contributed by atoms with E-state index < -0.39 is 5.92 Å². The Bertz CT molecular complexity index is 1350. The third kappa shape index (κ3) is 4.14. The molecule has 0 unspecified atom stereocenters. The molecule has 0 radical (unpaired) electrons. The van der Waals surface area contributed by atoms with E-state index in [0.29, 0.717) is 46.5 Å². The number of aromatic amines is 1. The normalized spacial score (nSPS) is 18.7. The first-order chi connectivity index (χ1) is 16.4. The number of fused-ring (bicyclic) bond motifs is 1. The number of para-hydroxylation sites is 1. The molecule has 3 aromatic rings. The highest BCUT2D eigenvalue weighted by Crippen LogP contribution is 2.49. The van der Waals surface area contributed by atoms with Crippen LogP contribution in [0.4, 0.5) is 5.82 Å². The molecule has 0 saturated carbocycles. The van der Waals surface area contributed by atoms with E-state index in [1.165, 1.54) is 11.8 Å². The number of pyridine rings is 1. The Balaban J connectivity index is 1.62. The van der Waals surface area contributed by atoms with E-state index in [-0.39, 0.29) is 16.8 Å². The maximum Gasteiger partial charge on any atom is 0.257 e. The number of nitrogens with zero attached hydrogens (tertiary/aromatic N) is 2. The van der Waals surface area contributed by atoms with Crippen LogP contribution in [0.2, 0.25) is 0 Å². The molecule has 174 valence electrons. The van der Waals surface area contributed by atoms with Gasteiger partial charge < -0.3 is 15.0 Å². The highest BCUT2D eigenvalue weighted by atomic mass is 32.2. The first kappa shape index (κ1) is 22.4. The Labute approximate surface area is 202 Å². The molecule has 5 rings (SSSR count). The van der Waals surface area contributed by atoms with Crippen LogP contribution in [0.5, 0.6) is 5.75 Å². The first-order valence-electron chi connectivity index (χ1n) is 11.2. The van der Waals surface area contributed by atoms with Gasteiger partial charge in [-0.2, -0.15) is 0 Å². The second kappa shape index (κ2) is 8.76. The van der Waals surface area contributed by atoms with Crippen LogP contribution in [0.1, 0.15) is 49.3 Å². The van der Waals surface area contributed by atoms with Gasteiger partial charge >= 0.3 is 0 Å². The van der Waals surface area contributed by atoms with Crippen LogP contribution in [0.3, 0.4) is 0 Å². The highest BCUT2D eigenvalue weighted by Gasteiger charge is 2.43. The lowest BCUT2D eigenvalue weighted by Gasteiger charge is -2.38. The largest absolute Gasteiger partial charge is 0.496 e. The number of nitrogens with one attached hydrogen (secondary N) is 2. The van der Waals surface area contributed by atoms with Gasteiger partial charge in [0.15, 0.2) is 10.9 Å². The Kier molecular flexibility index (Phi) is 5.77. The molecule has 3 heterocycles. The minimum atomic E-state index is -0.542. The number of allylic oxidation sites excluding steroid dienone is 2. The number of carbonyl (C=O) groups is 1. The Morgan fingerprint density at radius 2 is 1.97 bits per heavy atom. The van der Waals surface area contributed by atoms with Crippen molar-refractivity contribution < 1.29 is 9.53 Å². The predicted molar refractivity (Wildman–Crippen MR) is 132 cm³/mol. The Morgan fingerprint density at radius 1 is 1.15 bits per heavy atom. The van der Waals surface area contributed by atoms with Crippen LogP contribution < -0.4 is 15.6 Å². The van der Waals surface area contributed by atoms with E-state index in [0.717, 1.165) is 16.8 Å². The van der Waals surface area contributed by atoms with E-state index >= 15 is 0 Å². The summed E-state index contributed by atoms with van der Waals surface area (Å²) >= 11 is 1.44. The molecular weight excluding hydrogens is 448 g/mol. The van der Waals surface area contributed by atoms with Crippen LogP contribution in [0, 0.1) is 5.41 Å². The van der Waals surface area contributed by atoms with Crippen molar-refractivity contribution in [3.8, 4) is 5.75 Å². The summed E-state index contributed by atoms with van der Waals surface area (Å²) in [5.41, 5.74) is 3.32. The zero-order valence-electron chi connectivity index (χ0n) is 19.3. The van der Waals surface area contributed by atoms with Gasteiger partial charge in [-0.05, 0) is 29.5 Å². The van der Waals surface area contributed by atoms with Gasteiger partial charge in [0.1, 0.15) is 11.6 Å². The van der Waals surface area contributed by atoms with Gasteiger partial charge in [0.2, 0.25) is 0 Å². The summed E-state index contributed by atoms with van der Waals surface area (Å²) < 4.78 is 5.62. The maximum absolute atomic E-state index is 13.5. The molecule has 0 spiro atoms. The highest BCUT2D eigenvalue weighted by molar-refractivity contribution is 7.98. The zero-order valence-corrected chi connectivity index (χ0v) is 20.2. The number of aromatic nitrogens is 3. The minimum absolute atomic E-state index is 0.0507. The lowest BCUT2D eigenvalue weighted by Crippen LogP contribution is -2.37. The molecule has 0 saturated heterocycles. The number of anilines is 1. The third-order valence-corrected chi connectivity index (χ3v) is 7.19. The number of rotatable bonds is 5. The van der Waals surface area contributed by atoms with Gasteiger partial charge in [-0.1, -0.05) is 49.9 Å². The van der Waals surface area contributed by atoms with Gasteiger partial charge in [-0.15, -0.1) is 0 Å². The minimum Gasteiger partial charge on any atom is -0.496 e. The van der Waals surface area contributed by atoms with Gasteiger partial charge in [-0.3, -0.25) is 14.6 Å². The number of benzene rings is 1. The van der Waals surface area contributed by atoms with Crippen molar-refractivity contribution in [2.45, 2.75) is 43.5 Å². The molecule has 0 amide bonds. The van der Waals surface area contributed by atoms with Gasteiger partial charge in [-0.25, -0.2) is 4.98 Å². The fraction of sp³-hybridized carbons (Fsp3) is 0.308. The molecule has 1 atom stereocenters. The van der Waals surface area contributed by atoms with E-state index in [2.05, 4.69) is 29.1 Å². The second-order valence-electron chi connectivity index (χ2n) is 9.42. The summed E-state index contributed by atoms with van der Waals surface area (Å²) in [4.78, 5) is 38.7. The molecule has 2 aliphatic rings. The van der Waals surface area contributed by atoms with Crippen LogP contribution in [-0.4, -0.2) is 27.8 Å². The smallest absolute Gasteiger partial charge is 0.257 e. The topological polar surface area (TPSA) is 97.0 Å². The van der Waals surface area contributed by atoms with Crippen molar-refractivity contribution in [3.63, 3.8) is 0 Å². The zero-order chi connectivity index (χ0) is 23.9. The SMILES string of the molecule is COc1ccccc1[C@H]1C2=C(CC(C)(C)CC2=O)Nc2nc(SCc3cccnc3)[nH]c(=O)c21. The molecule has 2 aromatic heterocycles. The van der Waals surface area contributed by atoms with Crippen LogP contribution in [-0.2, 0) is 10.5 Å². The average Bonchev–Trinajstić information content (AvgIpc) is 2.81. The van der Waals surface area contributed by atoms with E-state index in [1.54, 1.807) is 19.5 Å². The molecule has 34 heavy (non-hydrogen) atoms. The summed E-state index contributed by atoms with van der Waals surface area (Å²) in [6.07, 6.45) is 4.66. The average molecular weight is 475 g/mol. The third-order valence-electron chi connectivity index (χ3n) is 6.25. The quantitative estimate of drug-likeness (QED) is 0.410. The first-order valence-corrected chi connectivity index (χ1v) is 12.2. The Morgan fingerprint density at radius 3 is 2.74 bits per heavy atom. The summed E-state index contributed by atoms with van der Waals surface area (Å²) in [5.74, 6) is 1.27. The van der Waals surface area contributed by atoms with E-state index in [9.17, 15) is 9.59 Å². The molecule has 7 nitrogen and oxygen atoms in total. The molecule has 0 bridgehead atoms. The number of ether oxygens (including phenoxy) is 1. The van der Waals surface area contributed by atoms with Crippen molar-refractivity contribution in [3.05, 3.63) is 87.1 Å². The van der Waals surface area contributed by atoms with E-state index in [4.69, 9.17) is 9.72 Å². The molecular formula is C26H26N4O3S.